The van der Waals surface area contributed by atoms with E-state index in [1.165, 1.54) is 6.92 Å². The average molecular weight is 331 g/mol. The Morgan fingerprint density at radius 3 is 2.55 bits per heavy atom. The van der Waals surface area contributed by atoms with Crippen LogP contribution in [0.3, 0.4) is 0 Å². The van der Waals surface area contributed by atoms with Crippen LogP contribution in [0, 0.1) is 6.92 Å². The van der Waals surface area contributed by atoms with Gasteiger partial charge in [0.15, 0.2) is 5.78 Å². The fourth-order valence-electron chi connectivity index (χ4n) is 2.57. The van der Waals surface area contributed by atoms with Crippen LogP contribution < -0.4 is 4.74 Å². The van der Waals surface area contributed by atoms with Gasteiger partial charge in [0.25, 0.3) is 0 Å². The van der Waals surface area contributed by atoms with Crippen molar-refractivity contribution < 1.29 is 14.3 Å². The van der Waals surface area contributed by atoms with E-state index < -0.39 is 5.97 Å². The van der Waals surface area contributed by atoms with Crippen LogP contribution in [-0.4, -0.2) is 11.8 Å². The number of ketones is 1. The molecule has 0 unspecified atom stereocenters. The van der Waals surface area contributed by atoms with Crippen LogP contribution in [0.15, 0.2) is 34.8 Å². The van der Waals surface area contributed by atoms with Crippen molar-refractivity contribution >= 4 is 27.7 Å². The Labute approximate surface area is 124 Å². The van der Waals surface area contributed by atoms with E-state index in [1.807, 2.05) is 25.1 Å². The van der Waals surface area contributed by atoms with Crippen molar-refractivity contribution in [1.29, 1.82) is 0 Å². The van der Waals surface area contributed by atoms with Gasteiger partial charge in [-0.1, -0.05) is 15.9 Å². The summed E-state index contributed by atoms with van der Waals surface area (Å²) in [5.41, 5.74) is 4.05. The summed E-state index contributed by atoms with van der Waals surface area (Å²) in [6.07, 6.45) is 0. The second-order valence-corrected chi connectivity index (χ2v) is 5.69. The molecule has 20 heavy (non-hydrogen) atoms. The number of esters is 1. The first-order valence-corrected chi connectivity index (χ1v) is 6.94. The number of fused-ring (bicyclic) bond motifs is 3. The van der Waals surface area contributed by atoms with Crippen LogP contribution in [0.2, 0.25) is 0 Å². The largest absolute Gasteiger partial charge is 0.427 e. The normalized spacial score (nSPS) is 12.1. The van der Waals surface area contributed by atoms with Crippen LogP contribution in [0.25, 0.3) is 11.1 Å². The number of rotatable bonds is 1. The summed E-state index contributed by atoms with van der Waals surface area (Å²) in [5, 5.41) is 0. The third-order valence-electron chi connectivity index (χ3n) is 3.31. The third kappa shape index (κ3) is 1.96. The number of halogens is 1. The highest BCUT2D eigenvalue weighted by Crippen LogP contribution is 2.41. The van der Waals surface area contributed by atoms with E-state index in [2.05, 4.69) is 15.9 Å². The number of hydrogen-bond donors (Lipinski definition) is 0. The molecule has 2 aromatic rings. The van der Waals surface area contributed by atoms with Crippen molar-refractivity contribution in [3.05, 3.63) is 51.5 Å². The molecule has 3 nitrogen and oxygen atoms in total. The lowest BCUT2D eigenvalue weighted by Gasteiger charge is -2.04. The van der Waals surface area contributed by atoms with Gasteiger partial charge >= 0.3 is 5.97 Å². The molecule has 100 valence electrons. The number of aryl methyl sites for hydroxylation is 1. The van der Waals surface area contributed by atoms with Crippen molar-refractivity contribution in [2.45, 2.75) is 13.8 Å². The number of carbonyl (C=O) groups is 2. The second kappa shape index (κ2) is 4.56. The molecule has 0 bridgehead atoms. The molecule has 0 spiro atoms. The van der Waals surface area contributed by atoms with Gasteiger partial charge in [-0.15, -0.1) is 0 Å². The molecule has 0 amide bonds. The SMILES string of the molecule is CC(=O)Oc1ccc2c(c1)C(=O)c1c(C)cc(Br)cc1-2. The molecule has 0 fully saturated rings. The van der Waals surface area contributed by atoms with E-state index in [0.29, 0.717) is 11.3 Å². The molecule has 0 aromatic heterocycles. The molecule has 4 heteroatoms. The van der Waals surface area contributed by atoms with Crippen LogP contribution in [0.1, 0.15) is 28.4 Å². The van der Waals surface area contributed by atoms with E-state index in [4.69, 9.17) is 4.74 Å². The minimum Gasteiger partial charge on any atom is -0.427 e. The lowest BCUT2D eigenvalue weighted by atomic mass is 10.0. The van der Waals surface area contributed by atoms with Crippen molar-refractivity contribution in [3.63, 3.8) is 0 Å². The Bertz CT molecular complexity index is 763. The van der Waals surface area contributed by atoms with Gasteiger partial charge in [-0.2, -0.15) is 0 Å². The highest BCUT2D eigenvalue weighted by Gasteiger charge is 2.29. The molecular weight excluding hydrogens is 320 g/mol. The van der Waals surface area contributed by atoms with Gasteiger partial charge in [0, 0.05) is 22.5 Å². The molecule has 0 aliphatic heterocycles. The van der Waals surface area contributed by atoms with E-state index >= 15 is 0 Å². The van der Waals surface area contributed by atoms with E-state index in [1.54, 1.807) is 12.1 Å². The van der Waals surface area contributed by atoms with Crippen LogP contribution in [-0.2, 0) is 4.79 Å². The third-order valence-corrected chi connectivity index (χ3v) is 3.77. The molecule has 0 saturated heterocycles. The fraction of sp³-hybridized carbons (Fsp3) is 0.125. The number of carbonyl (C=O) groups excluding carboxylic acids is 2. The van der Waals surface area contributed by atoms with Crippen LogP contribution in [0.4, 0.5) is 0 Å². The minimum atomic E-state index is -0.396. The molecule has 1 aliphatic rings. The van der Waals surface area contributed by atoms with Crippen LogP contribution in [0.5, 0.6) is 5.75 Å². The van der Waals surface area contributed by atoms with Gasteiger partial charge in [-0.3, -0.25) is 9.59 Å². The van der Waals surface area contributed by atoms with Gasteiger partial charge in [0.05, 0.1) is 0 Å². The molecule has 2 aromatic carbocycles. The first kappa shape index (κ1) is 13.1. The lowest BCUT2D eigenvalue weighted by Crippen LogP contribution is -2.03. The molecule has 0 heterocycles. The number of hydrogen-bond acceptors (Lipinski definition) is 3. The first-order chi connectivity index (χ1) is 9.47. The summed E-state index contributed by atoms with van der Waals surface area (Å²) >= 11 is 3.45. The van der Waals surface area contributed by atoms with E-state index in [-0.39, 0.29) is 5.78 Å². The number of benzene rings is 2. The summed E-state index contributed by atoms with van der Waals surface area (Å²) in [6, 6.07) is 9.03. The quantitative estimate of drug-likeness (QED) is 0.502. The average Bonchev–Trinajstić information content (AvgIpc) is 2.62. The summed E-state index contributed by atoms with van der Waals surface area (Å²) in [7, 11) is 0. The highest BCUT2D eigenvalue weighted by molar-refractivity contribution is 9.10. The van der Waals surface area contributed by atoms with E-state index in [0.717, 1.165) is 26.7 Å². The zero-order chi connectivity index (χ0) is 14.4. The Hall–Kier alpha value is -1.94. The molecule has 3 rings (SSSR count). The zero-order valence-corrected chi connectivity index (χ0v) is 12.6. The van der Waals surface area contributed by atoms with E-state index in [9.17, 15) is 9.59 Å². The van der Waals surface area contributed by atoms with Crippen molar-refractivity contribution in [2.75, 3.05) is 0 Å². The Kier molecular flexibility index (Phi) is 2.98. The highest BCUT2D eigenvalue weighted by atomic mass is 79.9. The maximum absolute atomic E-state index is 12.5. The Balaban J connectivity index is 2.19. The smallest absolute Gasteiger partial charge is 0.308 e. The Morgan fingerprint density at radius 1 is 1.10 bits per heavy atom. The van der Waals surface area contributed by atoms with Gasteiger partial charge in [0.2, 0.25) is 0 Å². The van der Waals surface area contributed by atoms with Crippen molar-refractivity contribution in [2.24, 2.45) is 0 Å². The molecular formula is C16H11BrO3. The maximum atomic E-state index is 12.5. The second-order valence-electron chi connectivity index (χ2n) is 4.78. The molecule has 0 saturated carbocycles. The zero-order valence-electron chi connectivity index (χ0n) is 11.0. The summed E-state index contributed by atoms with van der Waals surface area (Å²) in [5.74, 6) is -0.0186. The predicted molar refractivity (Wildman–Crippen MR) is 79.1 cm³/mol. The summed E-state index contributed by atoms with van der Waals surface area (Å²) < 4.78 is 5.98. The predicted octanol–water partition coefficient (Wildman–Crippen LogP) is 3.89. The fourth-order valence-corrected chi connectivity index (χ4v) is 3.14. The standard InChI is InChI=1S/C16H11BrO3/c1-8-5-10(17)6-13-12-4-3-11(20-9(2)18)7-14(12)16(19)15(8)13/h3-7H,1-2H3. The van der Waals surface area contributed by atoms with Gasteiger partial charge in [-0.05, 0) is 53.9 Å². The summed E-state index contributed by atoms with van der Waals surface area (Å²) in [4.78, 5) is 23.5. The maximum Gasteiger partial charge on any atom is 0.308 e. The lowest BCUT2D eigenvalue weighted by molar-refractivity contribution is -0.131. The first-order valence-electron chi connectivity index (χ1n) is 6.15. The molecule has 0 atom stereocenters. The van der Waals surface area contributed by atoms with Crippen LogP contribution >= 0.6 is 15.9 Å². The number of ether oxygens (including phenoxy) is 1. The molecule has 0 radical (unpaired) electrons. The van der Waals surface area contributed by atoms with Gasteiger partial charge < -0.3 is 4.74 Å². The van der Waals surface area contributed by atoms with Gasteiger partial charge in [-0.25, -0.2) is 0 Å². The van der Waals surface area contributed by atoms with Gasteiger partial charge in [0.1, 0.15) is 5.75 Å². The molecule has 1 aliphatic carbocycles. The minimum absolute atomic E-state index is 0.0194. The Morgan fingerprint density at radius 2 is 1.85 bits per heavy atom. The van der Waals surface area contributed by atoms with Crippen molar-refractivity contribution in [3.8, 4) is 16.9 Å². The van der Waals surface area contributed by atoms with Crippen molar-refractivity contribution in [1.82, 2.24) is 0 Å². The monoisotopic (exact) mass is 330 g/mol. The molecule has 0 N–H and O–H groups in total. The summed E-state index contributed by atoms with van der Waals surface area (Å²) in [6.45, 7) is 3.26. The topological polar surface area (TPSA) is 43.4 Å².